The maximum atomic E-state index is 11.0. The van der Waals surface area contributed by atoms with E-state index in [4.69, 9.17) is 5.73 Å². The summed E-state index contributed by atoms with van der Waals surface area (Å²) >= 11 is 0. The molecule has 0 spiro atoms. The van der Waals surface area contributed by atoms with Gasteiger partial charge in [0.25, 0.3) is 0 Å². The van der Waals surface area contributed by atoms with Gasteiger partial charge in [0, 0.05) is 19.3 Å². The second-order valence-corrected chi connectivity index (χ2v) is 2.95. The summed E-state index contributed by atoms with van der Waals surface area (Å²) in [4.78, 5) is 11.0. The SMILES string of the molecule is COCC(=O)NCc1cccc(N)c1. The minimum Gasteiger partial charge on any atom is -0.399 e. The van der Waals surface area contributed by atoms with Gasteiger partial charge in [-0.2, -0.15) is 0 Å². The Morgan fingerprint density at radius 2 is 2.36 bits per heavy atom. The number of ether oxygens (including phenoxy) is 1. The molecule has 0 bridgehead atoms. The van der Waals surface area contributed by atoms with Gasteiger partial charge in [-0.1, -0.05) is 12.1 Å². The van der Waals surface area contributed by atoms with Gasteiger partial charge < -0.3 is 15.8 Å². The number of hydrogen-bond acceptors (Lipinski definition) is 3. The molecule has 0 aliphatic carbocycles. The largest absolute Gasteiger partial charge is 0.399 e. The highest BCUT2D eigenvalue weighted by molar-refractivity contribution is 5.77. The van der Waals surface area contributed by atoms with Crippen LogP contribution in [-0.4, -0.2) is 19.6 Å². The van der Waals surface area contributed by atoms with Crippen molar-refractivity contribution in [2.45, 2.75) is 6.54 Å². The van der Waals surface area contributed by atoms with Gasteiger partial charge in [-0.25, -0.2) is 0 Å². The fourth-order valence-corrected chi connectivity index (χ4v) is 1.09. The molecule has 0 atom stereocenters. The summed E-state index contributed by atoms with van der Waals surface area (Å²) in [6.45, 7) is 0.565. The molecule has 0 aliphatic heterocycles. The van der Waals surface area contributed by atoms with E-state index in [9.17, 15) is 4.79 Å². The third kappa shape index (κ3) is 3.45. The van der Waals surface area contributed by atoms with E-state index in [1.165, 1.54) is 7.11 Å². The Bertz CT molecular complexity index is 313. The first-order valence-electron chi connectivity index (χ1n) is 4.32. The third-order valence-electron chi connectivity index (χ3n) is 1.72. The average molecular weight is 194 g/mol. The van der Waals surface area contributed by atoms with Crippen LogP contribution in [0.1, 0.15) is 5.56 Å². The first-order chi connectivity index (χ1) is 6.72. The van der Waals surface area contributed by atoms with Crippen molar-refractivity contribution in [1.82, 2.24) is 5.32 Å². The Morgan fingerprint density at radius 3 is 3.00 bits per heavy atom. The molecule has 0 unspecified atom stereocenters. The predicted molar refractivity (Wildman–Crippen MR) is 54.6 cm³/mol. The molecular formula is C10H14N2O2. The maximum absolute atomic E-state index is 11.0. The summed E-state index contributed by atoms with van der Waals surface area (Å²) in [5, 5.41) is 2.71. The van der Waals surface area contributed by atoms with Crippen LogP contribution in [-0.2, 0) is 16.1 Å². The van der Waals surface area contributed by atoms with Crippen LogP contribution in [0.4, 0.5) is 5.69 Å². The fraction of sp³-hybridized carbons (Fsp3) is 0.300. The summed E-state index contributed by atoms with van der Waals surface area (Å²) in [5.74, 6) is -0.130. The molecular weight excluding hydrogens is 180 g/mol. The maximum Gasteiger partial charge on any atom is 0.246 e. The van der Waals surface area contributed by atoms with Crippen LogP contribution in [0.25, 0.3) is 0 Å². The lowest BCUT2D eigenvalue weighted by atomic mass is 10.2. The minimum absolute atomic E-state index is 0.0856. The van der Waals surface area contributed by atoms with Gasteiger partial charge >= 0.3 is 0 Å². The molecule has 0 saturated carbocycles. The van der Waals surface area contributed by atoms with Gasteiger partial charge in [-0.3, -0.25) is 4.79 Å². The number of rotatable bonds is 4. The van der Waals surface area contributed by atoms with Crippen LogP contribution >= 0.6 is 0 Å². The van der Waals surface area contributed by atoms with E-state index >= 15 is 0 Å². The molecule has 0 fully saturated rings. The fourth-order valence-electron chi connectivity index (χ4n) is 1.09. The summed E-state index contributed by atoms with van der Waals surface area (Å²) in [5.41, 5.74) is 7.26. The Hall–Kier alpha value is -1.55. The molecule has 3 N–H and O–H groups in total. The van der Waals surface area contributed by atoms with Gasteiger partial charge in [0.15, 0.2) is 0 Å². The van der Waals surface area contributed by atoms with E-state index in [2.05, 4.69) is 10.1 Å². The van der Waals surface area contributed by atoms with Gasteiger partial charge in [0.2, 0.25) is 5.91 Å². The molecule has 1 aromatic rings. The monoisotopic (exact) mass is 194 g/mol. The molecule has 0 heterocycles. The number of nitrogen functional groups attached to an aromatic ring is 1. The van der Waals surface area contributed by atoms with E-state index in [1.54, 1.807) is 6.07 Å². The molecule has 0 aliphatic rings. The first-order valence-corrected chi connectivity index (χ1v) is 4.32. The molecule has 76 valence electrons. The van der Waals surface area contributed by atoms with E-state index < -0.39 is 0 Å². The highest BCUT2D eigenvalue weighted by atomic mass is 16.5. The summed E-state index contributed by atoms with van der Waals surface area (Å²) in [7, 11) is 1.49. The standard InChI is InChI=1S/C10H14N2O2/c1-14-7-10(13)12-6-8-3-2-4-9(11)5-8/h2-5H,6-7,11H2,1H3,(H,12,13). The number of nitrogens with two attached hydrogens (primary N) is 1. The van der Waals surface area contributed by atoms with Crippen molar-refractivity contribution in [2.75, 3.05) is 19.5 Å². The minimum atomic E-state index is -0.130. The Labute approximate surface area is 83.1 Å². The van der Waals surface area contributed by atoms with Gasteiger partial charge in [-0.05, 0) is 17.7 Å². The number of hydrogen-bond donors (Lipinski definition) is 2. The molecule has 4 nitrogen and oxygen atoms in total. The van der Waals surface area contributed by atoms with E-state index in [0.717, 1.165) is 5.56 Å². The van der Waals surface area contributed by atoms with Crippen molar-refractivity contribution in [2.24, 2.45) is 0 Å². The van der Waals surface area contributed by atoms with Crippen LogP contribution in [0.3, 0.4) is 0 Å². The lowest BCUT2D eigenvalue weighted by molar-refractivity contribution is -0.124. The van der Waals surface area contributed by atoms with Crippen LogP contribution in [0, 0.1) is 0 Å². The highest BCUT2D eigenvalue weighted by Gasteiger charge is 1.99. The van der Waals surface area contributed by atoms with Crippen molar-refractivity contribution in [3.8, 4) is 0 Å². The molecule has 1 amide bonds. The summed E-state index contributed by atoms with van der Waals surface area (Å²) in [6, 6.07) is 7.39. The Balaban J connectivity index is 2.41. The van der Waals surface area contributed by atoms with E-state index in [0.29, 0.717) is 12.2 Å². The zero-order valence-electron chi connectivity index (χ0n) is 8.12. The number of amides is 1. The molecule has 0 radical (unpaired) electrons. The van der Waals surface area contributed by atoms with E-state index in [1.807, 2.05) is 18.2 Å². The Morgan fingerprint density at radius 1 is 1.57 bits per heavy atom. The average Bonchev–Trinajstić information content (AvgIpc) is 2.15. The van der Waals surface area contributed by atoms with Crippen molar-refractivity contribution in [1.29, 1.82) is 0 Å². The van der Waals surface area contributed by atoms with Crippen molar-refractivity contribution in [3.63, 3.8) is 0 Å². The number of benzene rings is 1. The number of methoxy groups -OCH3 is 1. The topological polar surface area (TPSA) is 64.3 Å². The third-order valence-corrected chi connectivity index (χ3v) is 1.72. The molecule has 1 aromatic carbocycles. The lowest BCUT2D eigenvalue weighted by Crippen LogP contribution is -2.26. The van der Waals surface area contributed by atoms with Crippen LogP contribution in [0.5, 0.6) is 0 Å². The first kappa shape index (κ1) is 10.5. The zero-order valence-corrected chi connectivity index (χ0v) is 8.12. The van der Waals surface area contributed by atoms with Crippen LogP contribution in [0.2, 0.25) is 0 Å². The number of carbonyl (C=O) groups is 1. The Kier molecular flexibility index (Phi) is 3.94. The van der Waals surface area contributed by atoms with E-state index in [-0.39, 0.29) is 12.5 Å². The van der Waals surface area contributed by atoms with Crippen LogP contribution in [0.15, 0.2) is 24.3 Å². The van der Waals surface area contributed by atoms with Gasteiger partial charge in [0.1, 0.15) is 6.61 Å². The van der Waals surface area contributed by atoms with Crippen molar-refractivity contribution >= 4 is 11.6 Å². The number of carbonyl (C=O) groups excluding carboxylic acids is 1. The van der Waals surface area contributed by atoms with Gasteiger partial charge in [0.05, 0.1) is 0 Å². The molecule has 14 heavy (non-hydrogen) atoms. The van der Waals surface area contributed by atoms with Crippen molar-refractivity contribution < 1.29 is 9.53 Å². The second kappa shape index (κ2) is 5.24. The van der Waals surface area contributed by atoms with Crippen LogP contribution < -0.4 is 11.1 Å². The zero-order chi connectivity index (χ0) is 10.4. The quantitative estimate of drug-likeness (QED) is 0.687. The molecule has 1 rings (SSSR count). The summed E-state index contributed by atoms with van der Waals surface area (Å²) < 4.78 is 4.68. The lowest BCUT2D eigenvalue weighted by Gasteiger charge is -2.04. The summed E-state index contributed by atoms with van der Waals surface area (Å²) in [6.07, 6.45) is 0. The normalized spacial score (nSPS) is 9.79. The molecule has 0 saturated heterocycles. The number of nitrogens with one attached hydrogen (secondary N) is 1. The highest BCUT2D eigenvalue weighted by Crippen LogP contribution is 2.05. The second-order valence-electron chi connectivity index (χ2n) is 2.95. The van der Waals surface area contributed by atoms with Crippen molar-refractivity contribution in [3.05, 3.63) is 29.8 Å². The number of anilines is 1. The van der Waals surface area contributed by atoms with Gasteiger partial charge in [-0.15, -0.1) is 0 Å². The molecule has 0 aromatic heterocycles. The predicted octanol–water partition coefficient (Wildman–Crippen LogP) is 0.531. The molecule has 4 heteroatoms. The smallest absolute Gasteiger partial charge is 0.246 e.